The molecule has 1 heterocycles. The molecular weight excluding hydrogens is 256 g/mol. The summed E-state index contributed by atoms with van der Waals surface area (Å²) in [4.78, 5) is 0. The summed E-state index contributed by atoms with van der Waals surface area (Å²) < 4.78 is 15.8. The Balaban J connectivity index is 2.38. The molecule has 5 nitrogen and oxygen atoms in total. The van der Waals surface area contributed by atoms with Crippen molar-refractivity contribution in [1.29, 1.82) is 0 Å². The zero-order valence-corrected chi connectivity index (χ0v) is 11.1. The summed E-state index contributed by atoms with van der Waals surface area (Å²) in [6.07, 6.45) is 0. The Morgan fingerprint density at radius 1 is 1.17 bits per heavy atom. The van der Waals surface area contributed by atoms with E-state index in [4.69, 9.17) is 25.5 Å². The molecule has 0 saturated heterocycles. The minimum Gasteiger partial charge on any atom is -0.493 e. The third-order valence-electron chi connectivity index (χ3n) is 2.41. The molecule has 18 heavy (non-hydrogen) atoms. The van der Waals surface area contributed by atoms with Gasteiger partial charge in [0, 0.05) is 5.56 Å². The molecule has 1 unspecified atom stereocenters. The molecule has 96 valence electrons. The van der Waals surface area contributed by atoms with E-state index in [-0.39, 0.29) is 5.38 Å². The van der Waals surface area contributed by atoms with E-state index in [1.165, 1.54) is 0 Å². The molecule has 0 aliphatic carbocycles. The Morgan fingerprint density at radius 2 is 1.89 bits per heavy atom. The monoisotopic (exact) mass is 268 g/mol. The molecule has 0 fully saturated rings. The number of rotatable bonds is 4. The maximum atomic E-state index is 5.87. The van der Waals surface area contributed by atoms with Gasteiger partial charge in [-0.1, -0.05) is 0 Å². The summed E-state index contributed by atoms with van der Waals surface area (Å²) in [6, 6.07) is 5.37. The van der Waals surface area contributed by atoms with Crippen LogP contribution in [0.2, 0.25) is 0 Å². The van der Waals surface area contributed by atoms with Gasteiger partial charge in [0.1, 0.15) is 5.38 Å². The lowest BCUT2D eigenvalue weighted by Crippen LogP contribution is -1.90. The summed E-state index contributed by atoms with van der Waals surface area (Å²) in [5.41, 5.74) is 0.753. The van der Waals surface area contributed by atoms with Crippen molar-refractivity contribution < 1.29 is 13.9 Å². The first kappa shape index (κ1) is 12.7. The number of ether oxygens (including phenoxy) is 2. The molecule has 1 aromatic heterocycles. The third kappa shape index (κ3) is 2.41. The van der Waals surface area contributed by atoms with Crippen molar-refractivity contribution in [1.82, 2.24) is 10.2 Å². The van der Waals surface area contributed by atoms with E-state index >= 15 is 0 Å². The van der Waals surface area contributed by atoms with Gasteiger partial charge < -0.3 is 13.9 Å². The number of halogens is 1. The lowest BCUT2D eigenvalue weighted by molar-refractivity contribution is 0.355. The molecule has 0 N–H and O–H groups in total. The summed E-state index contributed by atoms with van der Waals surface area (Å²) in [6.45, 7) is 1.77. The van der Waals surface area contributed by atoms with Gasteiger partial charge in [-0.15, -0.1) is 21.8 Å². The van der Waals surface area contributed by atoms with Crippen molar-refractivity contribution in [2.45, 2.75) is 12.3 Å². The second kappa shape index (κ2) is 5.27. The van der Waals surface area contributed by atoms with E-state index in [0.29, 0.717) is 23.3 Å². The van der Waals surface area contributed by atoms with Crippen molar-refractivity contribution in [3.8, 4) is 23.0 Å². The van der Waals surface area contributed by atoms with E-state index in [1.807, 2.05) is 6.07 Å². The molecule has 0 aliphatic heterocycles. The number of hydrogen-bond donors (Lipinski definition) is 0. The summed E-state index contributed by atoms with van der Waals surface area (Å²) in [5.74, 6) is 2.04. The van der Waals surface area contributed by atoms with Crippen molar-refractivity contribution >= 4 is 11.6 Å². The number of nitrogens with zero attached hydrogens (tertiary/aromatic N) is 2. The van der Waals surface area contributed by atoms with Crippen LogP contribution in [0.4, 0.5) is 0 Å². The van der Waals surface area contributed by atoms with E-state index in [9.17, 15) is 0 Å². The Labute approximate surface area is 110 Å². The van der Waals surface area contributed by atoms with Crippen LogP contribution >= 0.6 is 11.6 Å². The summed E-state index contributed by atoms with van der Waals surface area (Å²) in [7, 11) is 3.15. The minimum atomic E-state index is -0.314. The van der Waals surface area contributed by atoms with Crippen LogP contribution in [0.15, 0.2) is 22.6 Å². The van der Waals surface area contributed by atoms with Crippen LogP contribution in [0.3, 0.4) is 0 Å². The highest BCUT2D eigenvalue weighted by atomic mass is 35.5. The number of alkyl halides is 1. The fraction of sp³-hybridized carbons (Fsp3) is 0.333. The summed E-state index contributed by atoms with van der Waals surface area (Å²) >= 11 is 5.87. The van der Waals surface area contributed by atoms with Crippen molar-refractivity contribution in [2.75, 3.05) is 14.2 Å². The lowest BCUT2D eigenvalue weighted by atomic mass is 10.2. The third-order valence-corrected chi connectivity index (χ3v) is 2.60. The molecular formula is C12H13ClN2O3. The Kier molecular flexibility index (Phi) is 3.72. The second-order valence-electron chi connectivity index (χ2n) is 3.63. The van der Waals surface area contributed by atoms with Gasteiger partial charge in [0.2, 0.25) is 11.8 Å². The average Bonchev–Trinajstić information content (AvgIpc) is 2.87. The number of aromatic nitrogens is 2. The second-order valence-corrected chi connectivity index (χ2v) is 4.29. The Bertz CT molecular complexity index is 540. The van der Waals surface area contributed by atoms with Crippen LogP contribution in [-0.4, -0.2) is 24.4 Å². The topological polar surface area (TPSA) is 57.4 Å². The number of methoxy groups -OCH3 is 2. The van der Waals surface area contributed by atoms with Gasteiger partial charge in [-0.05, 0) is 25.1 Å². The van der Waals surface area contributed by atoms with Gasteiger partial charge in [-0.2, -0.15) is 0 Å². The SMILES string of the molecule is COc1ccc(-c2nnc(C(C)Cl)o2)cc1OC. The molecule has 1 atom stereocenters. The van der Waals surface area contributed by atoms with Gasteiger partial charge in [0.25, 0.3) is 0 Å². The molecule has 0 aliphatic rings. The van der Waals surface area contributed by atoms with Crippen LogP contribution in [0.25, 0.3) is 11.5 Å². The first-order valence-electron chi connectivity index (χ1n) is 5.35. The van der Waals surface area contributed by atoms with E-state index in [0.717, 1.165) is 5.56 Å². The first-order valence-corrected chi connectivity index (χ1v) is 5.79. The normalized spacial score (nSPS) is 12.2. The molecule has 6 heteroatoms. The highest BCUT2D eigenvalue weighted by Crippen LogP contribution is 2.32. The van der Waals surface area contributed by atoms with E-state index in [2.05, 4.69) is 10.2 Å². The minimum absolute atomic E-state index is 0.314. The molecule has 0 spiro atoms. The Hall–Kier alpha value is -1.75. The maximum absolute atomic E-state index is 5.87. The standard InChI is InChI=1S/C12H13ClN2O3/c1-7(13)11-14-15-12(18-11)8-4-5-9(16-2)10(6-8)17-3/h4-7H,1-3H3. The van der Waals surface area contributed by atoms with Crippen molar-refractivity contribution in [3.05, 3.63) is 24.1 Å². The van der Waals surface area contributed by atoms with Gasteiger partial charge in [-0.3, -0.25) is 0 Å². The van der Waals surface area contributed by atoms with Gasteiger partial charge in [0.05, 0.1) is 14.2 Å². The predicted molar refractivity (Wildman–Crippen MR) is 67.1 cm³/mol. The molecule has 0 bridgehead atoms. The molecule has 0 radical (unpaired) electrons. The fourth-order valence-corrected chi connectivity index (χ4v) is 1.57. The van der Waals surface area contributed by atoms with Crippen LogP contribution < -0.4 is 9.47 Å². The lowest BCUT2D eigenvalue weighted by Gasteiger charge is -2.07. The smallest absolute Gasteiger partial charge is 0.247 e. The summed E-state index contributed by atoms with van der Waals surface area (Å²) in [5, 5.41) is 7.50. The molecule has 2 rings (SSSR count). The van der Waals surface area contributed by atoms with Crippen molar-refractivity contribution in [2.24, 2.45) is 0 Å². The fourth-order valence-electron chi connectivity index (χ4n) is 1.48. The van der Waals surface area contributed by atoms with Crippen LogP contribution in [0, 0.1) is 0 Å². The zero-order valence-electron chi connectivity index (χ0n) is 10.3. The van der Waals surface area contributed by atoms with E-state index in [1.54, 1.807) is 33.3 Å². The van der Waals surface area contributed by atoms with E-state index < -0.39 is 0 Å². The molecule has 1 aromatic carbocycles. The highest BCUT2D eigenvalue weighted by molar-refractivity contribution is 6.20. The quantitative estimate of drug-likeness (QED) is 0.798. The predicted octanol–water partition coefficient (Wildman–Crippen LogP) is 3.05. The van der Waals surface area contributed by atoms with Crippen LogP contribution in [0.1, 0.15) is 18.2 Å². The first-order chi connectivity index (χ1) is 8.65. The zero-order chi connectivity index (χ0) is 13.1. The van der Waals surface area contributed by atoms with Crippen LogP contribution in [-0.2, 0) is 0 Å². The van der Waals surface area contributed by atoms with Gasteiger partial charge in [0.15, 0.2) is 11.5 Å². The largest absolute Gasteiger partial charge is 0.493 e. The maximum Gasteiger partial charge on any atom is 0.247 e. The average molecular weight is 269 g/mol. The van der Waals surface area contributed by atoms with Gasteiger partial charge >= 0.3 is 0 Å². The van der Waals surface area contributed by atoms with Crippen LogP contribution in [0.5, 0.6) is 11.5 Å². The van der Waals surface area contributed by atoms with Crippen molar-refractivity contribution in [3.63, 3.8) is 0 Å². The molecule has 2 aromatic rings. The van der Waals surface area contributed by atoms with Gasteiger partial charge in [-0.25, -0.2) is 0 Å². The number of hydrogen-bond acceptors (Lipinski definition) is 5. The molecule has 0 saturated carbocycles. The highest BCUT2D eigenvalue weighted by Gasteiger charge is 2.14. The number of benzene rings is 1. The Morgan fingerprint density at radius 3 is 2.44 bits per heavy atom. The molecule has 0 amide bonds.